The molecule has 72 valence electrons. The minimum Gasteiger partial charge on any atom is -0.380 e. The fourth-order valence-corrected chi connectivity index (χ4v) is 2.17. The molecule has 0 bridgehead atoms. The number of hydrogen-bond acceptors (Lipinski definition) is 1. The van der Waals surface area contributed by atoms with E-state index >= 15 is 0 Å². The van der Waals surface area contributed by atoms with Gasteiger partial charge in [-0.15, -0.1) is 0 Å². The van der Waals surface area contributed by atoms with E-state index in [9.17, 15) is 0 Å². The Balaban J connectivity index is 2.33. The summed E-state index contributed by atoms with van der Waals surface area (Å²) in [6, 6.07) is 0. The van der Waals surface area contributed by atoms with Gasteiger partial charge in [0.05, 0.1) is 13.2 Å². The number of rotatable bonds is 5. The van der Waals surface area contributed by atoms with E-state index in [0.29, 0.717) is 5.41 Å². The lowest BCUT2D eigenvalue weighted by Gasteiger charge is -2.43. The summed E-state index contributed by atoms with van der Waals surface area (Å²) in [5.41, 5.74) is 0.574. The lowest BCUT2D eigenvalue weighted by Crippen LogP contribution is -2.43. The molecule has 0 aromatic carbocycles. The zero-order valence-corrected chi connectivity index (χ0v) is 8.73. The van der Waals surface area contributed by atoms with Crippen LogP contribution in [-0.4, -0.2) is 13.2 Å². The lowest BCUT2D eigenvalue weighted by atomic mass is 9.74. The maximum Gasteiger partial charge on any atom is 0.0544 e. The van der Waals surface area contributed by atoms with Crippen molar-refractivity contribution in [1.82, 2.24) is 0 Å². The molecule has 1 aliphatic rings. The van der Waals surface area contributed by atoms with Crippen molar-refractivity contribution >= 4 is 0 Å². The molecule has 0 aromatic rings. The van der Waals surface area contributed by atoms with Crippen LogP contribution in [0.25, 0.3) is 0 Å². The van der Waals surface area contributed by atoms with Gasteiger partial charge in [-0.1, -0.05) is 33.6 Å². The first kappa shape index (κ1) is 10.0. The highest BCUT2D eigenvalue weighted by Crippen LogP contribution is 2.39. The summed E-state index contributed by atoms with van der Waals surface area (Å²) >= 11 is 0. The number of ether oxygens (including phenoxy) is 1. The van der Waals surface area contributed by atoms with E-state index in [1.165, 1.54) is 25.7 Å². The van der Waals surface area contributed by atoms with Crippen molar-refractivity contribution < 1.29 is 4.74 Å². The molecule has 0 amide bonds. The first-order chi connectivity index (χ1) is 5.72. The third-order valence-electron chi connectivity index (χ3n) is 3.08. The Morgan fingerprint density at radius 3 is 2.33 bits per heavy atom. The Morgan fingerprint density at radius 2 is 2.00 bits per heavy atom. The van der Waals surface area contributed by atoms with E-state index in [-0.39, 0.29) is 0 Å². The predicted molar refractivity (Wildman–Crippen MR) is 52.2 cm³/mol. The molecule has 12 heavy (non-hydrogen) atoms. The van der Waals surface area contributed by atoms with Crippen LogP contribution in [0.1, 0.15) is 46.5 Å². The first-order valence-electron chi connectivity index (χ1n) is 5.30. The zero-order valence-electron chi connectivity index (χ0n) is 8.73. The molecule has 1 saturated heterocycles. The lowest BCUT2D eigenvalue weighted by molar-refractivity contribution is -0.128. The molecule has 1 atom stereocenters. The van der Waals surface area contributed by atoms with Crippen LogP contribution in [0.3, 0.4) is 0 Å². The molecule has 1 rings (SSSR count). The topological polar surface area (TPSA) is 9.23 Å². The molecule has 0 saturated carbocycles. The van der Waals surface area contributed by atoms with Gasteiger partial charge < -0.3 is 4.74 Å². The van der Waals surface area contributed by atoms with Gasteiger partial charge in [-0.05, 0) is 18.8 Å². The van der Waals surface area contributed by atoms with Crippen LogP contribution in [0.5, 0.6) is 0 Å². The summed E-state index contributed by atoms with van der Waals surface area (Å²) in [5.74, 6) is 0.875. The molecular weight excluding hydrogens is 148 g/mol. The summed E-state index contributed by atoms with van der Waals surface area (Å²) in [6.45, 7) is 8.95. The Labute approximate surface area is 76.5 Å². The van der Waals surface area contributed by atoms with Gasteiger partial charge in [-0.2, -0.15) is 0 Å². The van der Waals surface area contributed by atoms with Crippen LogP contribution in [0, 0.1) is 11.3 Å². The van der Waals surface area contributed by atoms with Gasteiger partial charge in [0, 0.05) is 5.41 Å². The molecule has 1 unspecified atom stereocenters. The smallest absolute Gasteiger partial charge is 0.0544 e. The third-order valence-corrected chi connectivity index (χ3v) is 3.08. The minimum absolute atomic E-state index is 0.574. The minimum atomic E-state index is 0.574. The third kappa shape index (κ3) is 2.22. The largest absolute Gasteiger partial charge is 0.380 e. The summed E-state index contributed by atoms with van der Waals surface area (Å²) in [5, 5.41) is 0. The van der Waals surface area contributed by atoms with Crippen LogP contribution < -0.4 is 0 Å². The molecular formula is C11H22O. The zero-order chi connectivity index (χ0) is 9.03. The average molecular weight is 170 g/mol. The van der Waals surface area contributed by atoms with Crippen molar-refractivity contribution in [3.63, 3.8) is 0 Å². The summed E-state index contributed by atoms with van der Waals surface area (Å²) in [4.78, 5) is 0. The highest BCUT2D eigenvalue weighted by Gasteiger charge is 2.38. The molecule has 1 fully saturated rings. The second-order valence-electron chi connectivity index (χ2n) is 4.46. The van der Waals surface area contributed by atoms with E-state index in [1.54, 1.807) is 0 Å². The van der Waals surface area contributed by atoms with Gasteiger partial charge in [-0.3, -0.25) is 0 Å². The molecule has 0 aromatic heterocycles. The maximum absolute atomic E-state index is 5.34. The van der Waals surface area contributed by atoms with Crippen LogP contribution in [0.15, 0.2) is 0 Å². The average Bonchev–Trinajstić information content (AvgIpc) is 2.00. The highest BCUT2D eigenvalue weighted by molar-refractivity contribution is 4.86. The van der Waals surface area contributed by atoms with Crippen LogP contribution in [-0.2, 0) is 4.74 Å². The standard InChI is InChI=1S/C11H22O/c1-4-6-11(8-12-9-11)7-10(3)5-2/h10H,4-9H2,1-3H3. The van der Waals surface area contributed by atoms with E-state index in [0.717, 1.165) is 19.1 Å². The van der Waals surface area contributed by atoms with Crippen molar-refractivity contribution in [2.24, 2.45) is 11.3 Å². The molecule has 0 aliphatic carbocycles. The van der Waals surface area contributed by atoms with Crippen molar-refractivity contribution in [1.29, 1.82) is 0 Å². The van der Waals surface area contributed by atoms with E-state index in [2.05, 4.69) is 20.8 Å². The monoisotopic (exact) mass is 170 g/mol. The SMILES string of the molecule is CCCC1(CC(C)CC)COC1. The fourth-order valence-electron chi connectivity index (χ4n) is 2.17. The molecule has 1 aliphatic heterocycles. The molecule has 0 radical (unpaired) electrons. The van der Waals surface area contributed by atoms with Crippen LogP contribution >= 0.6 is 0 Å². The Morgan fingerprint density at radius 1 is 1.33 bits per heavy atom. The van der Waals surface area contributed by atoms with Crippen LogP contribution in [0.2, 0.25) is 0 Å². The van der Waals surface area contributed by atoms with Gasteiger partial charge >= 0.3 is 0 Å². The fraction of sp³-hybridized carbons (Fsp3) is 1.00. The van der Waals surface area contributed by atoms with Gasteiger partial charge in [0.1, 0.15) is 0 Å². The van der Waals surface area contributed by atoms with Gasteiger partial charge in [0.15, 0.2) is 0 Å². The molecule has 0 N–H and O–H groups in total. The summed E-state index contributed by atoms with van der Waals surface area (Å²) in [7, 11) is 0. The Kier molecular flexibility index (Phi) is 3.57. The highest BCUT2D eigenvalue weighted by atomic mass is 16.5. The van der Waals surface area contributed by atoms with E-state index in [4.69, 9.17) is 4.74 Å². The second-order valence-corrected chi connectivity index (χ2v) is 4.46. The van der Waals surface area contributed by atoms with Crippen molar-refractivity contribution in [2.75, 3.05) is 13.2 Å². The van der Waals surface area contributed by atoms with Crippen molar-refractivity contribution in [2.45, 2.75) is 46.5 Å². The molecule has 1 heterocycles. The molecule has 1 heteroatoms. The van der Waals surface area contributed by atoms with E-state index < -0.39 is 0 Å². The quantitative estimate of drug-likeness (QED) is 0.615. The van der Waals surface area contributed by atoms with Crippen LogP contribution in [0.4, 0.5) is 0 Å². The van der Waals surface area contributed by atoms with Gasteiger partial charge in [0.25, 0.3) is 0 Å². The normalized spacial score (nSPS) is 23.2. The van der Waals surface area contributed by atoms with E-state index in [1.807, 2.05) is 0 Å². The Hall–Kier alpha value is -0.0400. The first-order valence-corrected chi connectivity index (χ1v) is 5.30. The van der Waals surface area contributed by atoms with Crippen molar-refractivity contribution in [3.8, 4) is 0 Å². The second kappa shape index (κ2) is 4.27. The van der Waals surface area contributed by atoms with Gasteiger partial charge in [-0.25, -0.2) is 0 Å². The predicted octanol–water partition coefficient (Wildman–Crippen LogP) is 3.24. The number of hydrogen-bond donors (Lipinski definition) is 0. The van der Waals surface area contributed by atoms with Crippen molar-refractivity contribution in [3.05, 3.63) is 0 Å². The van der Waals surface area contributed by atoms with Gasteiger partial charge in [0.2, 0.25) is 0 Å². The molecule has 1 nitrogen and oxygen atoms in total. The summed E-state index contributed by atoms with van der Waals surface area (Å²) in [6.07, 6.45) is 5.35. The summed E-state index contributed by atoms with van der Waals surface area (Å²) < 4.78 is 5.34. The Bertz CT molecular complexity index is 127. The maximum atomic E-state index is 5.34. The molecule has 0 spiro atoms.